The van der Waals surface area contributed by atoms with E-state index in [1.165, 1.54) is 6.07 Å². The van der Waals surface area contributed by atoms with Crippen LogP contribution in [0.3, 0.4) is 0 Å². The average Bonchev–Trinajstić information content (AvgIpc) is 2.39. The number of hydrogen-bond acceptors (Lipinski definition) is 4. The van der Waals surface area contributed by atoms with E-state index in [1.807, 2.05) is 43.3 Å². The molecule has 0 atom stereocenters. The van der Waals surface area contributed by atoms with Gasteiger partial charge in [0.1, 0.15) is 0 Å². The van der Waals surface area contributed by atoms with Crippen molar-refractivity contribution in [3.63, 3.8) is 0 Å². The van der Waals surface area contributed by atoms with Gasteiger partial charge in [-0.15, -0.1) is 0 Å². The van der Waals surface area contributed by atoms with Crippen LogP contribution in [0.15, 0.2) is 42.5 Å². The molecule has 0 saturated heterocycles. The lowest BCUT2D eigenvalue weighted by Crippen LogP contribution is -2.08. The van der Waals surface area contributed by atoms with Crippen LogP contribution in [0.4, 0.5) is 22.7 Å². The molecule has 4 N–H and O–H groups in total. The minimum atomic E-state index is -1.02. The van der Waals surface area contributed by atoms with E-state index in [0.29, 0.717) is 0 Å². The predicted octanol–water partition coefficient (Wildman–Crippen LogP) is 2.78. The van der Waals surface area contributed by atoms with E-state index >= 15 is 0 Å². The number of nitrogens with zero attached hydrogens (tertiary/aromatic N) is 1. The Morgan fingerprint density at radius 2 is 1.70 bits per heavy atom. The SMILES string of the molecule is CN(C)c1ccc(Nc2ccc(C(=O)O)c(N)c2)cc1. The molecule has 0 radical (unpaired) electrons. The molecule has 104 valence electrons. The van der Waals surface area contributed by atoms with Gasteiger partial charge in [0.2, 0.25) is 0 Å². The maximum absolute atomic E-state index is 10.9. The Morgan fingerprint density at radius 1 is 1.10 bits per heavy atom. The quantitative estimate of drug-likeness (QED) is 0.745. The number of nitrogens with one attached hydrogen (secondary N) is 1. The van der Waals surface area contributed by atoms with Crippen LogP contribution >= 0.6 is 0 Å². The largest absolute Gasteiger partial charge is 0.478 e. The molecule has 2 rings (SSSR count). The summed E-state index contributed by atoms with van der Waals surface area (Å²) in [6.07, 6.45) is 0. The van der Waals surface area contributed by atoms with Crippen molar-refractivity contribution < 1.29 is 9.90 Å². The lowest BCUT2D eigenvalue weighted by atomic mass is 10.1. The Bertz CT molecular complexity index is 622. The highest BCUT2D eigenvalue weighted by Crippen LogP contribution is 2.23. The number of carbonyl (C=O) groups is 1. The first-order valence-corrected chi connectivity index (χ1v) is 6.14. The van der Waals surface area contributed by atoms with Gasteiger partial charge < -0.3 is 21.1 Å². The Kier molecular flexibility index (Phi) is 3.79. The minimum Gasteiger partial charge on any atom is -0.478 e. The topological polar surface area (TPSA) is 78.6 Å². The highest BCUT2D eigenvalue weighted by Gasteiger charge is 2.08. The summed E-state index contributed by atoms with van der Waals surface area (Å²) in [5.41, 5.74) is 8.84. The smallest absolute Gasteiger partial charge is 0.337 e. The molecule has 0 aliphatic carbocycles. The summed E-state index contributed by atoms with van der Waals surface area (Å²) >= 11 is 0. The number of benzene rings is 2. The van der Waals surface area contributed by atoms with Gasteiger partial charge in [-0.05, 0) is 42.5 Å². The van der Waals surface area contributed by atoms with Crippen molar-refractivity contribution in [2.75, 3.05) is 30.0 Å². The van der Waals surface area contributed by atoms with Crippen molar-refractivity contribution in [1.29, 1.82) is 0 Å². The van der Waals surface area contributed by atoms with E-state index in [-0.39, 0.29) is 11.3 Å². The fraction of sp³-hybridized carbons (Fsp3) is 0.133. The van der Waals surface area contributed by atoms with Crippen LogP contribution in [0, 0.1) is 0 Å². The van der Waals surface area contributed by atoms with Gasteiger partial charge in [0.25, 0.3) is 0 Å². The third-order valence-electron chi connectivity index (χ3n) is 2.95. The molecule has 20 heavy (non-hydrogen) atoms. The maximum atomic E-state index is 10.9. The molecule has 0 bridgehead atoms. The van der Waals surface area contributed by atoms with Crippen molar-refractivity contribution in [3.8, 4) is 0 Å². The normalized spacial score (nSPS) is 10.1. The summed E-state index contributed by atoms with van der Waals surface area (Å²) in [7, 11) is 3.96. The zero-order chi connectivity index (χ0) is 14.7. The molecular weight excluding hydrogens is 254 g/mol. The number of nitrogens with two attached hydrogens (primary N) is 1. The van der Waals surface area contributed by atoms with Crippen molar-refractivity contribution in [1.82, 2.24) is 0 Å². The molecule has 5 nitrogen and oxygen atoms in total. The zero-order valence-electron chi connectivity index (χ0n) is 11.4. The van der Waals surface area contributed by atoms with Gasteiger partial charge in [0, 0.05) is 36.8 Å². The highest BCUT2D eigenvalue weighted by atomic mass is 16.4. The maximum Gasteiger partial charge on any atom is 0.337 e. The predicted molar refractivity (Wildman–Crippen MR) is 81.9 cm³/mol. The van der Waals surface area contributed by atoms with Crippen LogP contribution in [-0.4, -0.2) is 25.2 Å². The van der Waals surface area contributed by atoms with Crippen molar-refractivity contribution in [2.24, 2.45) is 0 Å². The Morgan fingerprint density at radius 3 is 2.20 bits per heavy atom. The van der Waals surface area contributed by atoms with Gasteiger partial charge in [0.05, 0.1) is 5.56 Å². The molecule has 0 fully saturated rings. The summed E-state index contributed by atoms with van der Waals surface area (Å²) in [5.74, 6) is -1.02. The van der Waals surface area contributed by atoms with Crippen LogP contribution in [-0.2, 0) is 0 Å². The van der Waals surface area contributed by atoms with E-state index in [9.17, 15) is 4.79 Å². The number of anilines is 4. The first-order valence-electron chi connectivity index (χ1n) is 6.14. The number of aromatic carboxylic acids is 1. The zero-order valence-corrected chi connectivity index (χ0v) is 11.4. The van der Waals surface area contributed by atoms with Gasteiger partial charge in [-0.1, -0.05) is 0 Å². The van der Waals surface area contributed by atoms with E-state index in [4.69, 9.17) is 10.8 Å². The number of rotatable bonds is 4. The van der Waals surface area contributed by atoms with Crippen molar-refractivity contribution in [2.45, 2.75) is 0 Å². The number of hydrogen-bond donors (Lipinski definition) is 3. The third-order valence-corrected chi connectivity index (χ3v) is 2.95. The summed E-state index contributed by atoms with van der Waals surface area (Å²) in [4.78, 5) is 12.9. The highest BCUT2D eigenvalue weighted by molar-refractivity contribution is 5.94. The Balaban J connectivity index is 2.17. The molecular formula is C15H17N3O2. The fourth-order valence-electron chi connectivity index (χ4n) is 1.84. The second-order valence-electron chi connectivity index (χ2n) is 4.67. The summed E-state index contributed by atoms with van der Waals surface area (Å²) in [6, 6.07) is 12.7. The van der Waals surface area contributed by atoms with Crippen LogP contribution in [0.25, 0.3) is 0 Å². The molecule has 0 aliphatic rings. The van der Waals surface area contributed by atoms with Crippen molar-refractivity contribution in [3.05, 3.63) is 48.0 Å². The molecule has 0 saturated carbocycles. The first kappa shape index (κ1) is 13.7. The average molecular weight is 271 g/mol. The summed E-state index contributed by atoms with van der Waals surface area (Å²) in [6.45, 7) is 0. The van der Waals surface area contributed by atoms with Gasteiger partial charge in [-0.3, -0.25) is 0 Å². The molecule has 2 aromatic rings. The van der Waals surface area contributed by atoms with Crippen LogP contribution in [0.2, 0.25) is 0 Å². The first-order chi connectivity index (χ1) is 9.47. The second kappa shape index (κ2) is 5.52. The lowest BCUT2D eigenvalue weighted by Gasteiger charge is -2.13. The third kappa shape index (κ3) is 3.00. The van der Waals surface area contributed by atoms with Gasteiger partial charge >= 0.3 is 5.97 Å². The molecule has 0 spiro atoms. The minimum absolute atomic E-state index is 0.110. The summed E-state index contributed by atoms with van der Waals surface area (Å²) < 4.78 is 0. The number of carboxylic acid groups (broad SMARTS) is 1. The molecule has 0 aromatic heterocycles. The van der Waals surface area contributed by atoms with Crippen LogP contribution in [0.5, 0.6) is 0 Å². The molecule has 0 aliphatic heterocycles. The van der Waals surface area contributed by atoms with Crippen LogP contribution in [0.1, 0.15) is 10.4 Å². The number of nitrogen functional groups attached to an aromatic ring is 1. The lowest BCUT2D eigenvalue weighted by molar-refractivity contribution is 0.0698. The molecule has 2 aromatic carbocycles. The molecule has 0 unspecified atom stereocenters. The Hall–Kier alpha value is -2.69. The summed E-state index contributed by atoms with van der Waals surface area (Å²) in [5, 5.41) is 12.1. The monoisotopic (exact) mass is 271 g/mol. The molecule has 0 amide bonds. The van der Waals surface area contributed by atoms with Crippen molar-refractivity contribution >= 4 is 28.7 Å². The fourth-order valence-corrected chi connectivity index (χ4v) is 1.84. The van der Waals surface area contributed by atoms with E-state index in [0.717, 1.165) is 17.1 Å². The van der Waals surface area contributed by atoms with Gasteiger partial charge in [-0.25, -0.2) is 4.79 Å². The van der Waals surface area contributed by atoms with E-state index < -0.39 is 5.97 Å². The second-order valence-corrected chi connectivity index (χ2v) is 4.67. The number of carboxylic acids is 1. The standard InChI is InChI=1S/C15H17N3O2/c1-18(2)12-6-3-10(4-7-12)17-11-5-8-13(15(19)20)14(16)9-11/h3-9,17H,16H2,1-2H3,(H,19,20). The molecule has 0 heterocycles. The molecule has 5 heteroatoms. The van der Waals surface area contributed by atoms with Crippen LogP contribution < -0.4 is 16.0 Å². The van der Waals surface area contributed by atoms with Gasteiger partial charge in [0.15, 0.2) is 0 Å². The Labute approximate surface area is 117 Å². The van der Waals surface area contributed by atoms with E-state index in [1.54, 1.807) is 12.1 Å². The van der Waals surface area contributed by atoms with Gasteiger partial charge in [-0.2, -0.15) is 0 Å². The van der Waals surface area contributed by atoms with E-state index in [2.05, 4.69) is 5.32 Å².